The van der Waals surface area contributed by atoms with Gasteiger partial charge in [-0.2, -0.15) is 0 Å². The lowest BCUT2D eigenvalue weighted by Gasteiger charge is -2.33. The summed E-state index contributed by atoms with van der Waals surface area (Å²) in [5.41, 5.74) is -0.697. The molecule has 1 saturated carbocycles. The summed E-state index contributed by atoms with van der Waals surface area (Å²) < 4.78 is 22.8. The molecule has 4 amide bonds. The van der Waals surface area contributed by atoms with Gasteiger partial charge in [0.2, 0.25) is 15.9 Å². The van der Waals surface area contributed by atoms with E-state index in [-0.39, 0.29) is 16.5 Å². The van der Waals surface area contributed by atoms with Gasteiger partial charge >= 0.3 is 6.03 Å². The van der Waals surface area contributed by atoms with E-state index < -0.39 is 34.0 Å². The summed E-state index contributed by atoms with van der Waals surface area (Å²) in [6.45, 7) is 1.66. The van der Waals surface area contributed by atoms with Crippen LogP contribution in [0.1, 0.15) is 32.6 Å². The summed E-state index contributed by atoms with van der Waals surface area (Å²) >= 11 is 0. The van der Waals surface area contributed by atoms with Gasteiger partial charge in [0.15, 0.2) is 0 Å². The zero-order chi connectivity index (χ0) is 19.8. The highest BCUT2D eigenvalue weighted by Crippen LogP contribution is 2.36. The Morgan fingerprint density at radius 2 is 2.00 bits per heavy atom. The van der Waals surface area contributed by atoms with Crippen molar-refractivity contribution in [3.05, 3.63) is 24.3 Å². The number of hydrogen-bond donors (Lipinski definition) is 3. The Hall–Kier alpha value is -2.46. The smallest absolute Gasteiger partial charge is 0.324 e. The Morgan fingerprint density at radius 1 is 1.33 bits per heavy atom. The van der Waals surface area contributed by atoms with Crippen molar-refractivity contribution in [2.24, 2.45) is 11.1 Å². The van der Waals surface area contributed by atoms with E-state index in [1.165, 1.54) is 24.3 Å². The molecule has 1 saturated heterocycles. The number of nitrogens with one attached hydrogen (secondary N) is 2. The number of nitrogens with two attached hydrogens (primary N) is 1. The van der Waals surface area contributed by atoms with Crippen molar-refractivity contribution >= 4 is 33.6 Å². The van der Waals surface area contributed by atoms with E-state index in [0.29, 0.717) is 18.8 Å². The predicted octanol–water partition coefficient (Wildman–Crippen LogP) is 0.773. The van der Waals surface area contributed by atoms with Crippen LogP contribution in [0.15, 0.2) is 29.2 Å². The number of nitrogens with zero attached hydrogens (tertiary/aromatic N) is 1. The van der Waals surface area contributed by atoms with Gasteiger partial charge in [-0.1, -0.05) is 13.0 Å². The summed E-state index contributed by atoms with van der Waals surface area (Å²) in [5, 5.41) is 10.3. The minimum Gasteiger partial charge on any atom is -0.324 e. The van der Waals surface area contributed by atoms with Gasteiger partial charge in [-0.25, -0.2) is 18.4 Å². The third-order valence-corrected chi connectivity index (χ3v) is 6.03. The molecule has 0 bridgehead atoms. The Morgan fingerprint density at radius 3 is 2.63 bits per heavy atom. The van der Waals surface area contributed by atoms with Crippen LogP contribution in [-0.4, -0.2) is 43.2 Å². The maximum absolute atomic E-state index is 12.7. The molecule has 1 aliphatic carbocycles. The Balaban J connectivity index is 1.68. The van der Waals surface area contributed by atoms with Crippen molar-refractivity contribution in [3.8, 4) is 0 Å². The first kappa shape index (κ1) is 19.3. The van der Waals surface area contributed by atoms with Gasteiger partial charge in [0.25, 0.3) is 5.91 Å². The first-order chi connectivity index (χ1) is 12.6. The summed E-state index contributed by atoms with van der Waals surface area (Å²) in [4.78, 5) is 38.0. The average Bonchev–Trinajstić information content (AvgIpc) is 2.81. The molecule has 1 heterocycles. The number of carbonyl (C=O) groups excluding carboxylic acids is 3. The number of anilines is 1. The average molecular weight is 394 g/mol. The van der Waals surface area contributed by atoms with Gasteiger partial charge in [-0.3, -0.25) is 14.5 Å². The van der Waals surface area contributed by atoms with E-state index >= 15 is 0 Å². The van der Waals surface area contributed by atoms with E-state index in [4.69, 9.17) is 5.14 Å². The Kier molecular flexibility index (Phi) is 4.96. The maximum Gasteiger partial charge on any atom is 0.325 e. The highest BCUT2D eigenvalue weighted by Gasteiger charge is 2.52. The van der Waals surface area contributed by atoms with Crippen LogP contribution < -0.4 is 15.8 Å². The number of hydrogen-bond acceptors (Lipinski definition) is 5. The molecule has 9 nitrogen and oxygen atoms in total. The van der Waals surface area contributed by atoms with Crippen LogP contribution in [-0.2, 0) is 19.6 Å². The van der Waals surface area contributed by atoms with Crippen LogP contribution in [0.5, 0.6) is 0 Å². The first-order valence-electron chi connectivity index (χ1n) is 8.67. The van der Waals surface area contributed by atoms with Crippen LogP contribution in [0, 0.1) is 5.92 Å². The zero-order valence-corrected chi connectivity index (χ0v) is 15.7. The summed E-state index contributed by atoms with van der Waals surface area (Å²) in [7, 11) is -3.90. The largest absolute Gasteiger partial charge is 0.325 e. The molecular weight excluding hydrogens is 372 g/mol. The van der Waals surface area contributed by atoms with Gasteiger partial charge in [0.05, 0.1) is 4.90 Å². The number of amides is 4. The monoisotopic (exact) mass is 394 g/mol. The second kappa shape index (κ2) is 6.93. The number of urea groups is 1. The maximum atomic E-state index is 12.7. The first-order valence-corrected chi connectivity index (χ1v) is 10.2. The van der Waals surface area contributed by atoms with Crippen molar-refractivity contribution in [3.63, 3.8) is 0 Å². The van der Waals surface area contributed by atoms with Crippen molar-refractivity contribution < 1.29 is 22.8 Å². The van der Waals surface area contributed by atoms with Gasteiger partial charge in [0.1, 0.15) is 12.1 Å². The van der Waals surface area contributed by atoms with Crippen LogP contribution in [0.3, 0.4) is 0 Å². The highest BCUT2D eigenvalue weighted by molar-refractivity contribution is 7.89. The third kappa shape index (κ3) is 3.96. The zero-order valence-electron chi connectivity index (χ0n) is 14.9. The van der Waals surface area contributed by atoms with Crippen LogP contribution in [0.25, 0.3) is 0 Å². The van der Waals surface area contributed by atoms with Crippen LogP contribution in [0.4, 0.5) is 10.5 Å². The number of rotatable bonds is 4. The topological polar surface area (TPSA) is 139 Å². The second-order valence-electron chi connectivity index (χ2n) is 7.21. The van der Waals surface area contributed by atoms with E-state index in [2.05, 4.69) is 17.6 Å². The molecular formula is C17H22N4O5S. The van der Waals surface area contributed by atoms with Crippen molar-refractivity contribution in [1.82, 2.24) is 10.2 Å². The molecule has 146 valence electrons. The third-order valence-electron chi connectivity index (χ3n) is 5.12. The van der Waals surface area contributed by atoms with Crippen molar-refractivity contribution in [2.45, 2.75) is 43.0 Å². The molecule has 0 aromatic heterocycles. The SMILES string of the molecule is CC1CCC2(CC1)NC(=O)N(CC(=O)Nc1cccc(S(N)(=O)=O)c1)C2=O. The molecule has 1 spiro atoms. The molecule has 10 heteroatoms. The van der Waals surface area contributed by atoms with Gasteiger partial charge in [-0.05, 0) is 49.8 Å². The lowest BCUT2D eigenvalue weighted by atomic mass is 9.77. The molecule has 0 radical (unpaired) electrons. The predicted molar refractivity (Wildman–Crippen MR) is 97.1 cm³/mol. The summed E-state index contributed by atoms with van der Waals surface area (Å²) in [6, 6.07) is 4.85. The molecule has 0 unspecified atom stereocenters. The lowest BCUT2D eigenvalue weighted by molar-refractivity contribution is -0.135. The van der Waals surface area contributed by atoms with Gasteiger partial charge in [0, 0.05) is 5.69 Å². The fourth-order valence-corrected chi connectivity index (χ4v) is 4.07. The molecule has 27 heavy (non-hydrogen) atoms. The second-order valence-corrected chi connectivity index (χ2v) is 8.77. The molecule has 3 rings (SSSR count). The van der Waals surface area contributed by atoms with Crippen LogP contribution >= 0.6 is 0 Å². The summed E-state index contributed by atoms with van der Waals surface area (Å²) in [6.07, 6.45) is 2.80. The fraction of sp³-hybridized carbons (Fsp3) is 0.471. The van der Waals surface area contributed by atoms with Crippen molar-refractivity contribution in [2.75, 3.05) is 11.9 Å². The molecule has 2 fully saturated rings. The Bertz CT molecular complexity index is 890. The van der Waals surface area contributed by atoms with Gasteiger partial charge in [-0.15, -0.1) is 0 Å². The van der Waals surface area contributed by atoms with E-state index in [9.17, 15) is 22.8 Å². The number of primary sulfonamides is 1. The Labute approximate surface area is 157 Å². The number of sulfonamides is 1. The standard InChI is InChI=1S/C17H22N4O5S/c1-11-5-7-17(8-6-11)15(23)21(16(24)20-17)10-14(22)19-12-3-2-4-13(9-12)27(18,25)26/h2-4,9,11H,5-8,10H2,1H3,(H,19,22)(H,20,24)(H2,18,25,26). The van der Waals surface area contributed by atoms with Gasteiger partial charge < -0.3 is 10.6 Å². The minimum atomic E-state index is -3.90. The fourth-order valence-electron chi connectivity index (χ4n) is 3.51. The minimum absolute atomic E-state index is 0.148. The molecule has 4 N–H and O–H groups in total. The molecule has 1 aromatic rings. The normalized spacial score (nSPS) is 25.6. The van der Waals surface area contributed by atoms with Crippen molar-refractivity contribution in [1.29, 1.82) is 0 Å². The number of benzene rings is 1. The van der Waals surface area contributed by atoms with Crippen LogP contribution in [0.2, 0.25) is 0 Å². The molecule has 1 aliphatic heterocycles. The van der Waals surface area contributed by atoms with E-state index in [0.717, 1.165) is 17.7 Å². The van der Waals surface area contributed by atoms with E-state index in [1.807, 2.05) is 0 Å². The molecule has 0 atom stereocenters. The summed E-state index contributed by atoms with van der Waals surface area (Å²) in [5.74, 6) is -0.483. The molecule has 1 aromatic carbocycles. The number of imide groups is 1. The highest BCUT2D eigenvalue weighted by atomic mass is 32.2. The quantitative estimate of drug-likeness (QED) is 0.648. The molecule has 2 aliphatic rings. The van der Waals surface area contributed by atoms with E-state index in [1.54, 1.807) is 0 Å². The number of carbonyl (C=O) groups is 3. The lowest BCUT2D eigenvalue weighted by Crippen LogP contribution is -2.49.